The van der Waals surface area contributed by atoms with Crippen molar-refractivity contribution in [2.75, 3.05) is 21.0 Å². The fraction of sp³-hybridized carbons (Fsp3) is 0.647. The van der Waals surface area contributed by atoms with Gasteiger partial charge < -0.3 is 29.2 Å². The number of carbonyl (C=O) groups is 2. The molecule has 0 amide bonds. The summed E-state index contributed by atoms with van der Waals surface area (Å²) in [4.78, 5) is 22.8. The number of ether oxygens (including phenoxy) is 4. The molecule has 0 unspecified atom stereocenters. The van der Waals surface area contributed by atoms with Crippen LogP contribution in [0.4, 0.5) is 0 Å². The first kappa shape index (κ1) is 23.3. The van der Waals surface area contributed by atoms with E-state index in [4.69, 9.17) is 19.3 Å². The van der Waals surface area contributed by atoms with Gasteiger partial charge in [-0.3, -0.25) is 0 Å². The van der Waals surface area contributed by atoms with Crippen LogP contribution >= 0.6 is 0 Å². The number of aliphatic hydroxyl groups is 2. The number of hydrogen-bond acceptors (Lipinski definition) is 8. The van der Waals surface area contributed by atoms with Gasteiger partial charge in [-0.05, 0) is 38.8 Å². The summed E-state index contributed by atoms with van der Waals surface area (Å²) in [6, 6.07) is 0. The van der Waals surface area contributed by atoms with Crippen molar-refractivity contribution in [2.45, 2.75) is 51.1 Å². The van der Waals surface area contributed by atoms with Crippen molar-refractivity contribution in [3.05, 3.63) is 24.3 Å². The number of rotatable bonds is 12. The van der Waals surface area contributed by atoms with E-state index in [1.807, 2.05) is 0 Å². The number of carbonyl (C=O) groups excluding carboxylic acids is 2. The monoisotopic (exact) mass is 360 g/mol. The van der Waals surface area contributed by atoms with E-state index >= 15 is 0 Å². The first-order valence-electron chi connectivity index (χ1n) is 7.91. The molecular formula is C17H28O8. The molecule has 0 aliphatic heterocycles. The Balaban J connectivity index is 4.39. The third-order valence-electron chi connectivity index (χ3n) is 3.15. The molecule has 0 heterocycles. The SMILES string of the molecule is COCO[C@H](/C=C/C(=O)OC)CC[C@H](C)OC(=O)/C=C/[C@H](O)[C@H](C)O. The first-order valence-corrected chi connectivity index (χ1v) is 7.91. The van der Waals surface area contributed by atoms with Gasteiger partial charge in [-0.2, -0.15) is 0 Å². The van der Waals surface area contributed by atoms with E-state index in [0.717, 1.165) is 6.08 Å². The van der Waals surface area contributed by atoms with Gasteiger partial charge in [-0.15, -0.1) is 0 Å². The molecule has 0 radical (unpaired) electrons. The number of hydrogen-bond donors (Lipinski definition) is 2. The van der Waals surface area contributed by atoms with Crippen LogP contribution in [0.15, 0.2) is 24.3 Å². The topological polar surface area (TPSA) is 112 Å². The summed E-state index contributed by atoms with van der Waals surface area (Å²) >= 11 is 0. The minimum atomic E-state index is -1.13. The van der Waals surface area contributed by atoms with Crippen LogP contribution in [-0.2, 0) is 28.5 Å². The molecule has 2 N–H and O–H groups in total. The highest BCUT2D eigenvalue weighted by Crippen LogP contribution is 2.10. The number of methoxy groups -OCH3 is 2. The van der Waals surface area contributed by atoms with E-state index < -0.39 is 36.4 Å². The lowest BCUT2D eigenvalue weighted by Gasteiger charge is -2.17. The predicted molar refractivity (Wildman–Crippen MR) is 89.5 cm³/mol. The summed E-state index contributed by atoms with van der Waals surface area (Å²) in [5.74, 6) is -1.11. The average Bonchev–Trinajstić information content (AvgIpc) is 2.58. The second-order valence-corrected chi connectivity index (χ2v) is 5.41. The largest absolute Gasteiger partial charge is 0.466 e. The smallest absolute Gasteiger partial charge is 0.330 e. The zero-order valence-electron chi connectivity index (χ0n) is 15.1. The fourth-order valence-corrected chi connectivity index (χ4v) is 1.68. The van der Waals surface area contributed by atoms with Crippen LogP contribution in [-0.4, -0.2) is 67.6 Å². The maximum absolute atomic E-state index is 11.6. The molecule has 0 aromatic carbocycles. The Morgan fingerprint density at radius 1 is 1.00 bits per heavy atom. The van der Waals surface area contributed by atoms with Crippen LogP contribution in [0.1, 0.15) is 26.7 Å². The zero-order valence-corrected chi connectivity index (χ0v) is 15.1. The molecule has 0 aromatic rings. The molecule has 0 fully saturated rings. The maximum Gasteiger partial charge on any atom is 0.330 e. The second kappa shape index (κ2) is 13.5. The lowest BCUT2D eigenvalue weighted by atomic mass is 10.1. The number of esters is 2. The molecule has 0 saturated heterocycles. The van der Waals surface area contributed by atoms with Crippen molar-refractivity contribution < 1.29 is 38.7 Å². The molecule has 0 aliphatic carbocycles. The van der Waals surface area contributed by atoms with Crippen LogP contribution in [0.2, 0.25) is 0 Å². The van der Waals surface area contributed by atoms with Crippen molar-refractivity contribution in [3.8, 4) is 0 Å². The minimum absolute atomic E-state index is 0.0598. The van der Waals surface area contributed by atoms with Crippen LogP contribution < -0.4 is 0 Å². The molecule has 0 spiro atoms. The molecule has 25 heavy (non-hydrogen) atoms. The molecule has 4 atom stereocenters. The van der Waals surface area contributed by atoms with Crippen molar-refractivity contribution in [2.24, 2.45) is 0 Å². The average molecular weight is 360 g/mol. The van der Waals surface area contributed by atoms with E-state index in [0.29, 0.717) is 12.8 Å². The van der Waals surface area contributed by atoms with Gasteiger partial charge in [0.05, 0.1) is 31.5 Å². The van der Waals surface area contributed by atoms with Gasteiger partial charge in [-0.1, -0.05) is 0 Å². The van der Waals surface area contributed by atoms with Gasteiger partial charge in [0, 0.05) is 19.3 Å². The normalized spacial score (nSPS) is 16.6. The molecule has 8 heteroatoms. The zero-order chi connectivity index (χ0) is 19.2. The van der Waals surface area contributed by atoms with E-state index in [1.165, 1.54) is 33.3 Å². The van der Waals surface area contributed by atoms with Gasteiger partial charge in [0.15, 0.2) is 0 Å². The second-order valence-electron chi connectivity index (χ2n) is 5.41. The quantitative estimate of drug-likeness (QED) is 0.297. The van der Waals surface area contributed by atoms with Gasteiger partial charge in [0.25, 0.3) is 0 Å². The van der Waals surface area contributed by atoms with E-state index in [1.54, 1.807) is 13.0 Å². The van der Waals surface area contributed by atoms with Gasteiger partial charge >= 0.3 is 11.9 Å². The van der Waals surface area contributed by atoms with Crippen molar-refractivity contribution >= 4 is 11.9 Å². The minimum Gasteiger partial charge on any atom is -0.466 e. The highest BCUT2D eigenvalue weighted by Gasteiger charge is 2.13. The summed E-state index contributed by atoms with van der Waals surface area (Å²) < 4.78 is 19.9. The van der Waals surface area contributed by atoms with Crippen LogP contribution in [0.3, 0.4) is 0 Å². The van der Waals surface area contributed by atoms with Crippen LogP contribution in [0.5, 0.6) is 0 Å². The van der Waals surface area contributed by atoms with Crippen LogP contribution in [0, 0.1) is 0 Å². The highest BCUT2D eigenvalue weighted by atomic mass is 16.7. The summed E-state index contributed by atoms with van der Waals surface area (Å²) in [6.45, 7) is 3.18. The van der Waals surface area contributed by atoms with Crippen molar-refractivity contribution in [1.82, 2.24) is 0 Å². The Kier molecular flexibility index (Phi) is 12.6. The molecule has 144 valence electrons. The highest BCUT2D eigenvalue weighted by molar-refractivity contribution is 5.82. The Labute approximate surface area is 148 Å². The Bertz CT molecular complexity index is 444. The lowest BCUT2D eigenvalue weighted by molar-refractivity contribution is -0.143. The summed E-state index contributed by atoms with van der Waals surface area (Å²) in [6.07, 6.45) is 3.14. The third-order valence-corrected chi connectivity index (χ3v) is 3.15. The Hall–Kier alpha value is -1.74. The van der Waals surface area contributed by atoms with Crippen molar-refractivity contribution in [3.63, 3.8) is 0 Å². The molecular weight excluding hydrogens is 332 g/mol. The Morgan fingerprint density at radius 3 is 2.20 bits per heavy atom. The van der Waals surface area contributed by atoms with Gasteiger partial charge in [-0.25, -0.2) is 9.59 Å². The summed E-state index contributed by atoms with van der Waals surface area (Å²) in [5.41, 5.74) is 0. The molecule has 0 rings (SSSR count). The van der Waals surface area contributed by atoms with E-state index in [9.17, 15) is 14.7 Å². The van der Waals surface area contributed by atoms with Gasteiger partial charge in [0.2, 0.25) is 0 Å². The molecule has 0 bridgehead atoms. The molecule has 0 saturated carbocycles. The van der Waals surface area contributed by atoms with Crippen molar-refractivity contribution in [1.29, 1.82) is 0 Å². The maximum atomic E-state index is 11.6. The standard InChI is InChI=1S/C17H28O8/c1-12(25-17(21)10-8-15(19)13(2)18)5-6-14(24-11-22-3)7-9-16(20)23-4/h7-10,12-15,18-19H,5-6,11H2,1-4H3/b9-7+,10-8+/t12-,13-,14-,15-/m0/s1. The number of aliphatic hydroxyl groups excluding tert-OH is 2. The fourth-order valence-electron chi connectivity index (χ4n) is 1.68. The van der Waals surface area contributed by atoms with Gasteiger partial charge in [0.1, 0.15) is 6.79 Å². The Morgan fingerprint density at radius 2 is 1.64 bits per heavy atom. The van der Waals surface area contributed by atoms with E-state index in [2.05, 4.69) is 4.74 Å². The molecule has 0 aliphatic rings. The predicted octanol–water partition coefficient (Wildman–Crippen LogP) is 0.714. The summed E-state index contributed by atoms with van der Waals surface area (Å²) in [7, 11) is 2.76. The molecule has 8 nitrogen and oxygen atoms in total. The summed E-state index contributed by atoms with van der Waals surface area (Å²) in [5, 5.41) is 18.5. The first-order chi connectivity index (χ1) is 11.8. The lowest BCUT2D eigenvalue weighted by Crippen LogP contribution is -2.21. The van der Waals surface area contributed by atoms with Crippen LogP contribution in [0.25, 0.3) is 0 Å². The third kappa shape index (κ3) is 12.3. The van der Waals surface area contributed by atoms with E-state index in [-0.39, 0.29) is 6.79 Å². The molecule has 0 aromatic heterocycles.